The zero-order valence-electron chi connectivity index (χ0n) is 19.3. The maximum atomic E-state index is 12.5. The summed E-state index contributed by atoms with van der Waals surface area (Å²) in [5.41, 5.74) is 2.10. The minimum Gasteiger partial charge on any atom is -0.457 e. The molecule has 1 fully saturated rings. The lowest BCUT2D eigenvalue weighted by atomic mass is 9.93. The van der Waals surface area contributed by atoms with E-state index in [-0.39, 0.29) is 5.91 Å². The lowest BCUT2D eigenvalue weighted by molar-refractivity contribution is 0.0948. The third kappa shape index (κ3) is 7.47. The SMILES string of the molecule is O=C(NCCC1CCN(CCCc2ccccc2)CC1)c1ccc(Oc2ccccc2)cc1. The van der Waals surface area contributed by atoms with Crippen molar-refractivity contribution in [3.63, 3.8) is 0 Å². The molecule has 0 saturated carbocycles. The molecular formula is C29H34N2O2. The molecule has 172 valence electrons. The van der Waals surface area contributed by atoms with Gasteiger partial charge in [0.15, 0.2) is 0 Å². The van der Waals surface area contributed by atoms with Gasteiger partial charge in [-0.3, -0.25) is 4.79 Å². The zero-order valence-corrected chi connectivity index (χ0v) is 19.3. The molecule has 3 aromatic rings. The Bertz CT molecular complexity index is 966. The Morgan fingerprint density at radius 3 is 2.18 bits per heavy atom. The fourth-order valence-electron chi connectivity index (χ4n) is 4.44. The van der Waals surface area contributed by atoms with Crippen LogP contribution in [0.15, 0.2) is 84.9 Å². The molecule has 1 aliphatic heterocycles. The fourth-order valence-corrected chi connectivity index (χ4v) is 4.44. The van der Waals surface area contributed by atoms with Crippen LogP contribution in [0.4, 0.5) is 0 Å². The number of likely N-dealkylation sites (tertiary alicyclic amines) is 1. The van der Waals surface area contributed by atoms with E-state index in [0.29, 0.717) is 11.5 Å². The van der Waals surface area contributed by atoms with E-state index in [4.69, 9.17) is 4.74 Å². The summed E-state index contributed by atoms with van der Waals surface area (Å²) in [5, 5.41) is 3.09. The lowest BCUT2D eigenvalue weighted by Gasteiger charge is -2.32. The summed E-state index contributed by atoms with van der Waals surface area (Å²) in [7, 11) is 0. The average molecular weight is 443 g/mol. The molecule has 0 aromatic heterocycles. The Labute approximate surface area is 197 Å². The van der Waals surface area contributed by atoms with Crippen molar-refractivity contribution in [2.75, 3.05) is 26.2 Å². The maximum absolute atomic E-state index is 12.5. The molecule has 0 spiro atoms. The summed E-state index contributed by atoms with van der Waals surface area (Å²) in [6.45, 7) is 4.27. The molecule has 33 heavy (non-hydrogen) atoms. The number of benzene rings is 3. The van der Waals surface area contributed by atoms with Crippen molar-refractivity contribution in [3.05, 3.63) is 96.1 Å². The van der Waals surface area contributed by atoms with Gasteiger partial charge in [0, 0.05) is 12.1 Å². The van der Waals surface area contributed by atoms with Crippen LogP contribution < -0.4 is 10.1 Å². The molecule has 4 heteroatoms. The van der Waals surface area contributed by atoms with Crippen LogP contribution >= 0.6 is 0 Å². The van der Waals surface area contributed by atoms with Crippen LogP contribution in [-0.4, -0.2) is 37.0 Å². The molecule has 1 aliphatic rings. The van der Waals surface area contributed by atoms with E-state index >= 15 is 0 Å². The van der Waals surface area contributed by atoms with Crippen molar-refractivity contribution >= 4 is 5.91 Å². The summed E-state index contributed by atoms with van der Waals surface area (Å²) in [5.74, 6) is 2.21. The molecule has 0 aliphatic carbocycles. The topological polar surface area (TPSA) is 41.6 Å². The van der Waals surface area contributed by atoms with Gasteiger partial charge in [0.2, 0.25) is 0 Å². The molecule has 1 amide bonds. The van der Waals surface area contributed by atoms with Crippen LogP contribution in [-0.2, 0) is 6.42 Å². The van der Waals surface area contributed by atoms with Gasteiger partial charge in [-0.25, -0.2) is 0 Å². The minimum absolute atomic E-state index is 0.0143. The summed E-state index contributed by atoms with van der Waals surface area (Å²) >= 11 is 0. The van der Waals surface area contributed by atoms with Crippen molar-refractivity contribution in [2.45, 2.75) is 32.1 Å². The predicted molar refractivity (Wildman–Crippen MR) is 134 cm³/mol. The highest BCUT2D eigenvalue weighted by atomic mass is 16.5. The van der Waals surface area contributed by atoms with Gasteiger partial charge < -0.3 is 15.0 Å². The first-order valence-corrected chi connectivity index (χ1v) is 12.1. The number of carbonyl (C=O) groups excluding carboxylic acids is 1. The second-order valence-electron chi connectivity index (χ2n) is 8.86. The van der Waals surface area contributed by atoms with Crippen molar-refractivity contribution < 1.29 is 9.53 Å². The quantitative estimate of drug-likeness (QED) is 0.422. The first-order valence-electron chi connectivity index (χ1n) is 12.1. The van der Waals surface area contributed by atoms with Crippen LogP contribution in [0.3, 0.4) is 0 Å². The van der Waals surface area contributed by atoms with Gasteiger partial charge in [-0.2, -0.15) is 0 Å². The summed E-state index contributed by atoms with van der Waals surface area (Å²) < 4.78 is 5.79. The molecule has 3 aromatic carbocycles. The molecule has 4 nitrogen and oxygen atoms in total. The van der Waals surface area contributed by atoms with Gasteiger partial charge in [0.25, 0.3) is 5.91 Å². The van der Waals surface area contributed by atoms with Crippen LogP contribution in [0, 0.1) is 5.92 Å². The second kappa shape index (κ2) is 12.2. The van der Waals surface area contributed by atoms with Crippen molar-refractivity contribution in [2.24, 2.45) is 5.92 Å². The van der Waals surface area contributed by atoms with E-state index in [1.165, 1.54) is 44.5 Å². The number of hydrogen-bond donors (Lipinski definition) is 1. The minimum atomic E-state index is -0.0143. The van der Waals surface area contributed by atoms with Crippen molar-refractivity contribution in [1.29, 1.82) is 0 Å². The number of aryl methyl sites for hydroxylation is 1. The molecule has 0 radical (unpaired) electrons. The lowest BCUT2D eigenvalue weighted by Crippen LogP contribution is -2.36. The normalized spacial score (nSPS) is 14.7. The first kappa shape index (κ1) is 23.1. The molecule has 1 saturated heterocycles. The summed E-state index contributed by atoms with van der Waals surface area (Å²) in [6.07, 6.45) is 5.89. The highest BCUT2D eigenvalue weighted by Crippen LogP contribution is 2.22. The van der Waals surface area contributed by atoms with Crippen LogP contribution in [0.5, 0.6) is 11.5 Å². The molecule has 1 heterocycles. The number of hydrogen-bond acceptors (Lipinski definition) is 3. The third-order valence-corrected chi connectivity index (χ3v) is 6.42. The molecular weight excluding hydrogens is 408 g/mol. The van der Waals surface area contributed by atoms with Gasteiger partial charge in [-0.1, -0.05) is 48.5 Å². The number of para-hydroxylation sites is 1. The van der Waals surface area contributed by atoms with Gasteiger partial charge in [0.1, 0.15) is 11.5 Å². The summed E-state index contributed by atoms with van der Waals surface area (Å²) in [4.78, 5) is 15.1. The summed E-state index contributed by atoms with van der Waals surface area (Å²) in [6, 6.07) is 27.7. The second-order valence-corrected chi connectivity index (χ2v) is 8.86. The molecule has 4 rings (SSSR count). The number of carbonyl (C=O) groups is 1. The van der Waals surface area contributed by atoms with E-state index in [1.54, 1.807) is 0 Å². The van der Waals surface area contributed by atoms with E-state index < -0.39 is 0 Å². The molecule has 1 N–H and O–H groups in total. The predicted octanol–water partition coefficient (Wildman–Crippen LogP) is 5.94. The number of piperidine rings is 1. The van der Waals surface area contributed by atoms with E-state index in [0.717, 1.165) is 30.9 Å². The Kier molecular flexibility index (Phi) is 8.54. The van der Waals surface area contributed by atoms with Gasteiger partial charge in [0.05, 0.1) is 0 Å². The molecule has 0 bridgehead atoms. The third-order valence-electron chi connectivity index (χ3n) is 6.42. The number of rotatable bonds is 10. The van der Waals surface area contributed by atoms with E-state index in [1.807, 2.05) is 54.6 Å². The Hall–Kier alpha value is -3.11. The smallest absolute Gasteiger partial charge is 0.251 e. The zero-order chi connectivity index (χ0) is 22.7. The van der Waals surface area contributed by atoms with Crippen LogP contribution in [0.25, 0.3) is 0 Å². The Morgan fingerprint density at radius 2 is 1.48 bits per heavy atom. The number of amides is 1. The Morgan fingerprint density at radius 1 is 0.848 bits per heavy atom. The number of nitrogens with zero attached hydrogens (tertiary/aromatic N) is 1. The van der Waals surface area contributed by atoms with Crippen LogP contribution in [0.1, 0.15) is 41.6 Å². The molecule has 0 atom stereocenters. The first-order chi connectivity index (χ1) is 16.3. The van der Waals surface area contributed by atoms with Gasteiger partial charge >= 0.3 is 0 Å². The fraction of sp³-hybridized carbons (Fsp3) is 0.345. The van der Waals surface area contributed by atoms with Gasteiger partial charge in [-0.15, -0.1) is 0 Å². The van der Waals surface area contributed by atoms with E-state index in [9.17, 15) is 4.79 Å². The number of ether oxygens (including phenoxy) is 1. The Balaban J connectivity index is 1.11. The maximum Gasteiger partial charge on any atom is 0.251 e. The highest BCUT2D eigenvalue weighted by Gasteiger charge is 2.19. The number of nitrogens with one attached hydrogen (secondary N) is 1. The van der Waals surface area contributed by atoms with Gasteiger partial charge in [-0.05, 0) is 99.6 Å². The highest BCUT2D eigenvalue weighted by molar-refractivity contribution is 5.94. The van der Waals surface area contributed by atoms with Crippen molar-refractivity contribution in [1.82, 2.24) is 10.2 Å². The van der Waals surface area contributed by atoms with Crippen LogP contribution in [0.2, 0.25) is 0 Å². The van der Waals surface area contributed by atoms with Crippen molar-refractivity contribution in [3.8, 4) is 11.5 Å². The molecule has 0 unspecified atom stereocenters. The largest absolute Gasteiger partial charge is 0.457 e. The standard InChI is InChI=1S/C29H34N2O2/c32-29(26-13-15-28(16-14-26)33-27-11-5-2-6-12-27)30-20-17-25-18-22-31(23-19-25)21-7-10-24-8-3-1-4-9-24/h1-6,8-9,11-16,25H,7,10,17-23H2,(H,30,32). The average Bonchev–Trinajstić information content (AvgIpc) is 2.87. The monoisotopic (exact) mass is 442 g/mol. The van der Waals surface area contributed by atoms with E-state index in [2.05, 4.69) is 40.5 Å².